The summed E-state index contributed by atoms with van der Waals surface area (Å²) in [6.07, 6.45) is 0.876. The number of likely N-dealkylation sites (tertiary alicyclic amines) is 1. The fourth-order valence-corrected chi connectivity index (χ4v) is 3.45. The minimum absolute atomic E-state index is 0.00760. The minimum Gasteiger partial charge on any atom is -0.507 e. The predicted molar refractivity (Wildman–Crippen MR) is 109 cm³/mol. The molecule has 1 N–H and O–H groups in total. The predicted octanol–water partition coefficient (Wildman–Crippen LogP) is 4.00. The fourth-order valence-electron chi connectivity index (χ4n) is 3.45. The highest BCUT2D eigenvalue weighted by Gasteiger charge is 2.47. The second kappa shape index (κ2) is 8.66. The van der Waals surface area contributed by atoms with Crippen molar-refractivity contribution >= 4 is 17.4 Å². The molecule has 1 fully saturated rings. The number of ether oxygens (including phenoxy) is 1. The van der Waals surface area contributed by atoms with Gasteiger partial charge in [-0.15, -0.1) is 0 Å². The molecule has 1 unspecified atom stereocenters. The summed E-state index contributed by atoms with van der Waals surface area (Å²) < 4.78 is 11.3. The van der Waals surface area contributed by atoms with Crippen LogP contribution in [0.25, 0.3) is 5.76 Å². The van der Waals surface area contributed by atoms with Gasteiger partial charge in [-0.3, -0.25) is 9.59 Å². The lowest BCUT2D eigenvalue weighted by molar-refractivity contribution is -0.140. The minimum atomic E-state index is -0.787. The first-order valence-corrected chi connectivity index (χ1v) is 9.89. The Bertz CT molecular complexity index is 923. The van der Waals surface area contributed by atoms with Crippen molar-refractivity contribution in [3.8, 4) is 0 Å². The first-order chi connectivity index (χ1) is 13.8. The van der Waals surface area contributed by atoms with Crippen LogP contribution in [0.1, 0.15) is 49.5 Å². The summed E-state index contributed by atoms with van der Waals surface area (Å²) in [6, 6.07) is 10.0. The molecule has 1 amide bonds. The molecule has 1 aliphatic heterocycles. The van der Waals surface area contributed by atoms with Gasteiger partial charge in [0.25, 0.3) is 11.7 Å². The van der Waals surface area contributed by atoms with E-state index in [-0.39, 0.29) is 30.6 Å². The summed E-state index contributed by atoms with van der Waals surface area (Å²) in [7, 11) is 0. The number of hydrogen-bond acceptors (Lipinski definition) is 5. The second-order valence-electron chi connectivity index (χ2n) is 7.41. The lowest BCUT2D eigenvalue weighted by Gasteiger charge is -2.23. The molecule has 2 aromatic rings. The zero-order valence-corrected chi connectivity index (χ0v) is 17.3. The SMILES string of the molecule is CCc1ccc(/C(O)=C2/C(=O)C(=O)N(CCOC(C)C)C2c2ccc(C)o2)cc1. The molecule has 1 aromatic carbocycles. The summed E-state index contributed by atoms with van der Waals surface area (Å²) in [5.74, 6) is -0.472. The molecule has 1 saturated heterocycles. The van der Waals surface area contributed by atoms with E-state index in [1.165, 1.54) is 4.90 Å². The summed E-state index contributed by atoms with van der Waals surface area (Å²) in [5.41, 5.74) is 1.65. The maximum absolute atomic E-state index is 12.8. The normalized spacial score (nSPS) is 18.8. The largest absolute Gasteiger partial charge is 0.507 e. The molecule has 0 spiro atoms. The van der Waals surface area contributed by atoms with Gasteiger partial charge in [-0.2, -0.15) is 0 Å². The second-order valence-corrected chi connectivity index (χ2v) is 7.41. The molecule has 1 aliphatic rings. The number of furan rings is 1. The maximum atomic E-state index is 12.8. The van der Waals surface area contributed by atoms with Gasteiger partial charge >= 0.3 is 0 Å². The number of benzene rings is 1. The van der Waals surface area contributed by atoms with E-state index in [2.05, 4.69) is 0 Å². The van der Waals surface area contributed by atoms with Crippen LogP contribution in [0.3, 0.4) is 0 Å². The highest BCUT2D eigenvalue weighted by molar-refractivity contribution is 6.46. The molecule has 0 radical (unpaired) electrons. The van der Waals surface area contributed by atoms with Crippen molar-refractivity contribution in [2.24, 2.45) is 0 Å². The van der Waals surface area contributed by atoms with E-state index < -0.39 is 17.7 Å². The molecule has 1 atom stereocenters. The number of rotatable bonds is 7. The number of carbonyl (C=O) groups is 2. The third kappa shape index (κ3) is 4.27. The number of Topliss-reactive ketones (excluding diaryl/α,β-unsaturated/α-hetero) is 1. The fraction of sp³-hybridized carbons (Fsp3) is 0.391. The van der Waals surface area contributed by atoms with E-state index >= 15 is 0 Å². The van der Waals surface area contributed by atoms with Crippen molar-refractivity contribution < 1.29 is 23.8 Å². The summed E-state index contributed by atoms with van der Waals surface area (Å²) in [5, 5.41) is 10.9. The molecule has 6 nitrogen and oxygen atoms in total. The monoisotopic (exact) mass is 397 g/mol. The van der Waals surface area contributed by atoms with Gasteiger partial charge in [0.1, 0.15) is 23.3 Å². The van der Waals surface area contributed by atoms with Gasteiger partial charge < -0.3 is 19.2 Å². The van der Waals surface area contributed by atoms with Crippen LogP contribution in [0.15, 0.2) is 46.4 Å². The number of aryl methyl sites for hydroxylation is 2. The van der Waals surface area contributed by atoms with E-state index in [9.17, 15) is 14.7 Å². The Labute approximate surface area is 170 Å². The number of amides is 1. The van der Waals surface area contributed by atoms with Gasteiger partial charge in [0, 0.05) is 12.1 Å². The van der Waals surface area contributed by atoms with Crippen LogP contribution in [0, 0.1) is 6.92 Å². The average Bonchev–Trinajstić information content (AvgIpc) is 3.23. The standard InChI is InChI=1S/C23H27NO5/c1-5-16-7-9-17(10-8-16)21(25)19-20(18-11-6-15(4)29-18)24(23(27)22(19)26)12-13-28-14(2)3/h6-11,14,20,25H,5,12-13H2,1-4H3/b21-19-. The number of hydrogen-bond donors (Lipinski definition) is 1. The third-order valence-electron chi connectivity index (χ3n) is 4.99. The van der Waals surface area contributed by atoms with Crippen LogP contribution in [0.5, 0.6) is 0 Å². The summed E-state index contributed by atoms with van der Waals surface area (Å²) in [4.78, 5) is 27.0. The van der Waals surface area contributed by atoms with Crippen molar-refractivity contribution in [2.75, 3.05) is 13.2 Å². The average molecular weight is 397 g/mol. The van der Waals surface area contributed by atoms with Crippen LogP contribution in [0.2, 0.25) is 0 Å². The first-order valence-electron chi connectivity index (χ1n) is 9.89. The third-order valence-corrected chi connectivity index (χ3v) is 4.99. The Morgan fingerprint density at radius 1 is 1.17 bits per heavy atom. The molecule has 3 rings (SSSR count). The van der Waals surface area contributed by atoms with E-state index in [0.717, 1.165) is 12.0 Å². The zero-order valence-electron chi connectivity index (χ0n) is 17.3. The van der Waals surface area contributed by atoms with Crippen LogP contribution in [-0.4, -0.2) is 41.0 Å². The number of ketones is 1. The van der Waals surface area contributed by atoms with Crippen LogP contribution < -0.4 is 0 Å². The molecular weight excluding hydrogens is 370 g/mol. The number of nitrogens with zero attached hydrogens (tertiary/aromatic N) is 1. The highest BCUT2D eigenvalue weighted by Crippen LogP contribution is 2.39. The molecular formula is C23H27NO5. The lowest BCUT2D eigenvalue weighted by Crippen LogP contribution is -2.33. The van der Waals surface area contributed by atoms with Crippen molar-refractivity contribution in [3.05, 3.63) is 64.6 Å². The molecule has 1 aromatic heterocycles. The Morgan fingerprint density at radius 3 is 2.41 bits per heavy atom. The summed E-state index contributed by atoms with van der Waals surface area (Å²) >= 11 is 0. The molecule has 154 valence electrons. The Morgan fingerprint density at radius 2 is 1.86 bits per heavy atom. The van der Waals surface area contributed by atoms with Gasteiger partial charge in [-0.25, -0.2) is 0 Å². The highest BCUT2D eigenvalue weighted by atomic mass is 16.5. The molecule has 0 aliphatic carbocycles. The number of aliphatic hydroxyl groups excluding tert-OH is 1. The quantitative estimate of drug-likeness (QED) is 0.434. The van der Waals surface area contributed by atoms with E-state index in [1.807, 2.05) is 32.9 Å². The van der Waals surface area contributed by atoms with Crippen molar-refractivity contribution in [1.82, 2.24) is 4.90 Å². The lowest BCUT2D eigenvalue weighted by atomic mass is 9.98. The Hall–Kier alpha value is -2.86. The number of aliphatic hydroxyl groups is 1. The molecule has 29 heavy (non-hydrogen) atoms. The van der Waals surface area contributed by atoms with Gasteiger partial charge in [0.2, 0.25) is 0 Å². The van der Waals surface area contributed by atoms with Crippen LogP contribution >= 0.6 is 0 Å². The zero-order chi connectivity index (χ0) is 21.1. The van der Waals surface area contributed by atoms with Crippen LogP contribution in [0.4, 0.5) is 0 Å². The first kappa shape index (κ1) is 20.9. The smallest absolute Gasteiger partial charge is 0.295 e. The van der Waals surface area contributed by atoms with Gasteiger partial charge in [0.15, 0.2) is 0 Å². The Kier molecular flexibility index (Phi) is 6.23. The van der Waals surface area contributed by atoms with Gasteiger partial charge in [-0.1, -0.05) is 31.2 Å². The van der Waals surface area contributed by atoms with Crippen molar-refractivity contribution in [2.45, 2.75) is 46.3 Å². The molecule has 0 bridgehead atoms. The van der Waals surface area contributed by atoms with Gasteiger partial charge in [-0.05, 0) is 44.9 Å². The van der Waals surface area contributed by atoms with Crippen LogP contribution in [-0.2, 0) is 20.7 Å². The van der Waals surface area contributed by atoms with Crippen molar-refractivity contribution in [3.63, 3.8) is 0 Å². The van der Waals surface area contributed by atoms with Crippen molar-refractivity contribution in [1.29, 1.82) is 0 Å². The summed E-state index contributed by atoms with van der Waals surface area (Å²) in [6.45, 7) is 8.15. The van der Waals surface area contributed by atoms with E-state index in [4.69, 9.17) is 9.15 Å². The maximum Gasteiger partial charge on any atom is 0.295 e. The molecule has 6 heteroatoms. The molecule has 2 heterocycles. The topological polar surface area (TPSA) is 80.0 Å². The molecule has 0 saturated carbocycles. The number of carbonyl (C=O) groups excluding carboxylic acids is 2. The van der Waals surface area contributed by atoms with E-state index in [1.54, 1.807) is 31.2 Å². The Balaban J connectivity index is 2.04. The van der Waals surface area contributed by atoms with Gasteiger partial charge in [0.05, 0.1) is 18.3 Å². The van der Waals surface area contributed by atoms with E-state index in [0.29, 0.717) is 17.1 Å².